The van der Waals surface area contributed by atoms with Crippen molar-refractivity contribution in [3.63, 3.8) is 0 Å². The van der Waals surface area contributed by atoms with Crippen molar-refractivity contribution in [1.82, 2.24) is 5.32 Å². The number of hydrogen-bond acceptors (Lipinski definition) is 4. The fourth-order valence-corrected chi connectivity index (χ4v) is 2.92. The van der Waals surface area contributed by atoms with E-state index in [0.29, 0.717) is 10.0 Å². The van der Waals surface area contributed by atoms with E-state index in [1.807, 2.05) is 6.07 Å². The number of phenols is 1. The Balaban J connectivity index is 2.24. The fourth-order valence-electron chi connectivity index (χ4n) is 2.47. The zero-order valence-electron chi connectivity index (χ0n) is 12.2. The number of phenolic OH excluding ortho intramolecular Hbond substituents is 1. The maximum absolute atomic E-state index is 12.2. The van der Waals surface area contributed by atoms with Gasteiger partial charge in [-0.1, -0.05) is 28.8 Å². The Morgan fingerprint density at radius 1 is 1.50 bits per heavy atom. The predicted octanol–water partition coefficient (Wildman–Crippen LogP) is 3.13. The Morgan fingerprint density at radius 2 is 2.18 bits per heavy atom. The zero-order chi connectivity index (χ0) is 16.1. The highest BCUT2D eigenvalue weighted by Gasteiger charge is 2.19. The topological polar surface area (TPSA) is 82.3 Å². The standard InChI is InChI=1S/C16H17BrN2O3/c1-22-15-7-10(13(17)8-14(15)20)6-11(9-18)16(21)19-12-4-2-3-5-12/h6-8,12,20H,2-5H2,1H3,(H,19,21). The van der Waals surface area contributed by atoms with Crippen LogP contribution in [0.25, 0.3) is 6.08 Å². The highest BCUT2D eigenvalue weighted by atomic mass is 79.9. The third-order valence-corrected chi connectivity index (χ3v) is 4.34. The van der Waals surface area contributed by atoms with Crippen LogP contribution in [0.15, 0.2) is 22.2 Å². The first-order valence-corrected chi connectivity index (χ1v) is 7.83. The lowest BCUT2D eigenvalue weighted by Gasteiger charge is -2.11. The van der Waals surface area contributed by atoms with Gasteiger partial charge in [0.1, 0.15) is 11.6 Å². The van der Waals surface area contributed by atoms with Crippen molar-refractivity contribution in [3.8, 4) is 17.6 Å². The van der Waals surface area contributed by atoms with Crippen molar-refractivity contribution >= 4 is 27.9 Å². The van der Waals surface area contributed by atoms with Gasteiger partial charge in [0.2, 0.25) is 0 Å². The second kappa shape index (κ2) is 7.32. The minimum atomic E-state index is -0.367. The normalized spacial score (nSPS) is 15.4. The summed E-state index contributed by atoms with van der Waals surface area (Å²) in [5.41, 5.74) is 0.619. The Bertz CT molecular complexity index is 644. The molecule has 1 aromatic carbocycles. The average molecular weight is 365 g/mol. The molecule has 0 heterocycles. The van der Waals surface area contributed by atoms with Gasteiger partial charge in [0.05, 0.1) is 7.11 Å². The molecule has 116 valence electrons. The molecule has 0 aliphatic heterocycles. The molecule has 0 bridgehead atoms. The molecule has 0 saturated heterocycles. The lowest BCUT2D eigenvalue weighted by molar-refractivity contribution is -0.117. The van der Waals surface area contributed by atoms with E-state index < -0.39 is 0 Å². The number of halogens is 1. The second-order valence-corrected chi connectivity index (χ2v) is 6.02. The number of benzene rings is 1. The first kappa shape index (κ1) is 16.4. The molecular weight excluding hydrogens is 348 g/mol. The summed E-state index contributed by atoms with van der Waals surface area (Å²) in [6.07, 6.45) is 5.62. The van der Waals surface area contributed by atoms with E-state index in [4.69, 9.17) is 4.74 Å². The first-order chi connectivity index (χ1) is 10.5. The third-order valence-electron chi connectivity index (χ3n) is 3.65. The molecule has 1 saturated carbocycles. The number of carbonyl (C=O) groups is 1. The van der Waals surface area contributed by atoms with Crippen molar-refractivity contribution in [2.24, 2.45) is 0 Å². The van der Waals surface area contributed by atoms with Crippen molar-refractivity contribution in [1.29, 1.82) is 5.26 Å². The summed E-state index contributed by atoms with van der Waals surface area (Å²) in [6.45, 7) is 0. The van der Waals surface area contributed by atoms with Gasteiger partial charge >= 0.3 is 0 Å². The fraction of sp³-hybridized carbons (Fsp3) is 0.375. The Hall–Kier alpha value is -2.00. The largest absolute Gasteiger partial charge is 0.504 e. The third kappa shape index (κ3) is 3.80. The number of rotatable bonds is 4. The molecule has 6 heteroatoms. The maximum Gasteiger partial charge on any atom is 0.262 e. The molecule has 22 heavy (non-hydrogen) atoms. The van der Waals surface area contributed by atoms with Gasteiger partial charge in [0.25, 0.3) is 5.91 Å². The van der Waals surface area contributed by atoms with Gasteiger partial charge in [-0.05, 0) is 36.6 Å². The molecule has 0 aromatic heterocycles. The van der Waals surface area contributed by atoms with Crippen molar-refractivity contribution in [3.05, 3.63) is 27.7 Å². The summed E-state index contributed by atoms with van der Waals surface area (Å²) >= 11 is 3.30. The number of nitrogens with zero attached hydrogens (tertiary/aromatic N) is 1. The molecule has 2 rings (SSSR count). The van der Waals surface area contributed by atoms with Crippen LogP contribution in [0.5, 0.6) is 11.5 Å². The molecule has 1 aliphatic rings. The minimum Gasteiger partial charge on any atom is -0.504 e. The predicted molar refractivity (Wildman–Crippen MR) is 86.3 cm³/mol. The van der Waals surface area contributed by atoms with Gasteiger partial charge in [-0.3, -0.25) is 4.79 Å². The molecule has 1 fully saturated rings. The van der Waals surface area contributed by atoms with Crippen molar-refractivity contribution in [2.75, 3.05) is 7.11 Å². The molecule has 0 unspecified atom stereocenters. The molecule has 2 N–H and O–H groups in total. The molecule has 0 spiro atoms. The van der Waals surface area contributed by atoms with Gasteiger partial charge in [-0.25, -0.2) is 0 Å². The highest BCUT2D eigenvalue weighted by Crippen LogP contribution is 2.33. The summed E-state index contributed by atoms with van der Waals surface area (Å²) in [7, 11) is 1.44. The van der Waals surface area contributed by atoms with Crippen LogP contribution in [0, 0.1) is 11.3 Å². The number of ether oxygens (including phenoxy) is 1. The van der Waals surface area contributed by atoms with E-state index in [2.05, 4.69) is 21.2 Å². The number of amides is 1. The van der Waals surface area contributed by atoms with Crippen LogP contribution in [-0.2, 0) is 4.79 Å². The zero-order valence-corrected chi connectivity index (χ0v) is 13.8. The van der Waals surface area contributed by atoms with Gasteiger partial charge in [-0.2, -0.15) is 5.26 Å². The SMILES string of the molecule is COc1cc(C=C(C#N)C(=O)NC2CCCC2)c(Br)cc1O. The number of nitrogens with one attached hydrogen (secondary N) is 1. The van der Waals surface area contributed by atoms with Crippen LogP contribution in [0.1, 0.15) is 31.2 Å². The van der Waals surface area contributed by atoms with Gasteiger partial charge in [0, 0.05) is 10.5 Å². The van der Waals surface area contributed by atoms with Crippen molar-refractivity contribution in [2.45, 2.75) is 31.7 Å². The summed E-state index contributed by atoms with van der Waals surface area (Å²) in [4.78, 5) is 12.2. The number of methoxy groups -OCH3 is 1. The number of carbonyl (C=O) groups excluding carboxylic acids is 1. The molecule has 1 amide bonds. The van der Waals surface area contributed by atoms with E-state index in [0.717, 1.165) is 25.7 Å². The van der Waals surface area contributed by atoms with E-state index in [9.17, 15) is 15.2 Å². The smallest absolute Gasteiger partial charge is 0.262 e. The minimum absolute atomic E-state index is 0.0135. The van der Waals surface area contributed by atoms with E-state index >= 15 is 0 Å². The molecule has 0 radical (unpaired) electrons. The lowest BCUT2D eigenvalue weighted by Crippen LogP contribution is -2.33. The van der Waals surface area contributed by atoms with Crippen LogP contribution < -0.4 is 10.1 Å². The van der Waals surface area contributed by atoms with Crippen LogP contribution in [0.2, 0.25) is 0 Å². The highest BCUT2D eigenvalue weighted by molar-refractivity contribution is 9.10. The monoisotopic (exact) mass is 364 g/mol. The number of hydrogen-bond donors (Lipinski definition) is 2. The van der Waals surface area contributed by atoms with Gasteiger partial charge < -0.3 is 15.2 Å². The molecule has 5 nitrogen and oxygen atoms in total. The molecule has 1 aliphatic carbocycles. The summed E-state index contributed by atoms with van der Waals surface area (Å²) in [6, 6.07) is 5.12. The van der Waals surface area contributed by atoms with E-state index in [1.54, 1.807) is 6.07 Å². The molecular formula is C16H17BrN2O3. The summed E-state index contributed by atoms with van der Waals surface area (Å²) in [5, 5.41) is 21.8. The van der Waals surface area contributed by atoms with Crippen LogP contribution >= 0.6 is 15.9 Å². The maximum atomic E-state index is 12.2. The number of nitriles is 1. The number of aromatic hydroxyl groups is 1. The van der Waals surface area contributed by atoms with Crippen LogP contribution in [0.3, 0.4) is 0 Å². The quantitative estimate of drug-likeness (QED) is 0.635. The second-order valence-electron chi connectivity index (χ2n) is 5.17. The molecule has 1 aromatic rings. The van der Waals surface area contributed by atoms with Gasteiger partial charge in [-0.15, -0.1) is 0 Å². The average Bonchev–Trinajstić information content (AvgIpc) is 2.99. The first-order valence-electron chi connectivity index (χ1n) is 7.04. The van der Waals surface area contributed by atoms with E-state index in [-0.39, 0.29) is 29.0 Å². The van der Waals surface area contributed by atoms with Gasteiger partial charge in [0.15, 0.2) is 11.5 Å². The van der Waals surface area contributed by atoms with E-state index in [1.165, 1.54) is 19.3 Å². The summed E-state index contributed by atoms with van der Waals surface area (Å²) < 4.78 is 5.62. The molecule has 0 atom stereocenters. The van der Waals surface area contributed by atoms with Crippen LogP contribution in [0.4, 0.5) is 0 Å². The Labute approximate surface area is 137 Å². The Morgan fingerprint density at radius 3 is 2.77 bits per heavy atom. The van der Waals surface area contributed by atoms with Crippen LogP contribution in [-0.4, -0.2) is 24.2 Å². The summed E-state index contributed by atoms with van der Waals surface area (Å²) in [5.74, 6) is -0.100. The Kier molecular flexibility index (Phi) is 5.45. The lowest BCUT2D eigenvalue weighted by atomic mass is 10.1. The van der Waals surface area contributed by atoms with Crippen molar-refractivity contribution < 1.29 is 14.6 Å².